The predicted octanol–water partition coefficient (Wildman–Crippen LogP) is 1.47. The molecule has 0 aromatic heterocycles. The maximum atomic E-state index is 11.5. The Morgan fingerprint density at radius 3 is 2.61 bits per heavy atom. The molecular weight excluding hydrogens is 252 g/mol. The Bertz CT molecular complexity index is 546. The molecule has 1 aliphatic rings. The third-order valence-electron chi connectivity index (χ3n) is 2.64. The number of carbonyl (C=O) groups excluding carboxylic acids is 1. The van der Waals surface area contributed by atoms with E-state index >= 15 is 0 Å². The van der Waals surface area contributed by atoms with Crippen molar-refractivity contribution >= 4 is 15.8 Å². The van der Waals surface area contributed by atoms with Gasteiger partial charge in [0.05, 0.1) is 5.75 Å². The van der Waals surface area contributed by atoms with Crippen molar-refractivity contribution < 1.29 is 17.9 Å². The monoisotopic (exact) mass is 266 g/mol. The molecule has 2 rings (SSSR count). The molecule has 1 heterocycles. The lowest BCUT2D eigenvalue weighted by Gasteiger charge is -2.09. The lowest BCUT2D eigenvalue weighted by molar-refractivity contribution is -0.145. The van der Waals surface area contributed by atoms with Crippen LogP contribution in [0.15, 0.2) is 41.8 Å². The van der Waals surface area contributed by atoms with Crippen molar-refractivity contribution in [3.05, 3.63) is 47.4 Å². The molecule has 1 atom stereocenters. The average Bonchev–Trinajstić information content (AvgIpc) is 2.67. The molecule has 0 radical (unpaired) electrons. The number of hydrogen-bond donors (Lipinski definition) is 0. The summed E-state index contributed by atoms with van der Waals surface area (Å²) in [7, 11) is -3.17. The number of hydrogen-bond acceptors (Lipinski definition) is 4. The van der Waals surface area contributed by atoms with E-state index in [0.717, 1.165) is 11.0 Å². The highest BCUT2D eigenvalue weighted by Crippen LogP contribution is 2.13. The predicted molar refractivity (Wildman–Crippen MR) is 67.6 cm³/mol. The molecule has 0 N–H and O–H groups in total. The Labute approximate surface area is 106 Å². The largest absolute Gasteiger partial charge is 0.457 e. The first-order valence-corrected chi connectivity index (χ1v) is 7.41. The van der Waals surface area contributed by atoms with Crippen LogP contribution in [0.3, 0.4) is 0 Å². The molecule has 0 saturated carbocycles. The van der Waals surface area contributed by atoms with Gasteiger partial charge in [-0.15, -0.1) is 0 Å². The smallest absolute Gasteiger partial charge is 0.306 e. The molecule has 0 bridgehead atoms. The quantitative estimate of drug-likeness (QED) is 0.774. The Morgan fingerprint density at radius 2 is 2.00 bits per heavy atom. The van der Waals surface area contributed by atoms with E-state index < -0.39 is 15.9 Å². The van der Waals surface area contributed by atoms with E-state index in [1.807, 2.05) is 30.3 Å². The van der Waals surface area contributed by atoms with E-state index in [-0.39, 0.29) is 18.1 Å². The van der Waals surface area contributed by atoms with Gasteiger partial charge in [-0.2, -0.15) is 0 Å². The van der Waals surface area contributed by atoms with Gasteiger partial charge in [-0.25, -0.2) is 8.42 Å². The summed E-state index contributed by atoms with van der Waals surface area (Å²) in [5, 5.41) is 1.10. The second-order valence-electron chi connectivity index (χ2n) is 4.17. The van der Waals surface area contributed by atoms with E-state index in [0.29, 0.717) is 6.42 Å². The normalized spacial score (nSPS) is 20.8. The first-order valence-electron chi connectivity index (χ1n) is 5.69. The molecule has 0 aliphatic carbocycles. The molecule has 18 heavy (non-hydrogen) atoms. The van der Waals surface area contributed by atoms with Gasteiger partial charge < -0.3 is 4.74 Å². The zero-order valence-electron chi connectivity index (χ0n) is 9.78. The van der Waals surface area contributed by atoms with Crippen molar-refractivity contribution in [1.29, 1.82) is 0 Å². The summed E-state index contributed by atoms with van der Waals surface area (Å²) in [5.74, 6) is -0.505. The zero-order valence-corrected chi connectivity index (χ0v) is 10.6. The number of esters is 1. The Balaban J connectivity index is 1.79. The lowest BCUT2D eigenvalue weighted by Crippen LogP contribution is -2.19. The van der Waals surface area contributed by atoms with Gasteiger partial charge in [0.15, 0.2) is 9.84 Å². The van der Waals surface area contributed by atoms with Gasteiger partial charge in [-0.05, 0) is 18.1 Å². The van der Waals surface area contributed by atoms with Gasteiger partial charge in [0.25, 0.3) is 0 Å². The van der Waals surface area contributed by atoms with Gasteiger partial charge in [-0.1, -0.05) is 30.3 Å². The van der Waals surface area contributed by atoms with Crippen molar-refractivity contribution in [2.24, 2.45) is 0 Å². The standard InChI is InChI=1S/C13H14O4S/c14-13(7-6-11-4-2-1-3-5-11)17-12-8-9-18(15,16)10-12/h1-5,8-9,12H,6-7,10H2/t12-/m1/s1. The highest BCUT2D eigenvalue weighted by Gasteiger charge is 2.24. The second kappa shape index (κ2) is 5.35. The third-order valence-corrected chi connectivity index (χ3v) is 4.01. The summed E-state index contributed by atoms with van der Waals surface area (Å²) in [5.41, 5.74) is 1.06. The summed E-state index contributed by atoms with van der Waals surface area (Å²) < 4.78 is 27.3. The number of carbonyl (C=O) groups is 1. The molecule has 4 nitrogen and oxygen atoms in total. The summed E-state index contributed by atoms with van der Waals surface area (Å²) in [6.45, 7) is 0. The van der Waals surface area contributed by atoms with E-state index in [4.69, 9.17) is 4.74 Å². The number of sulfone groups is 1. The molecule has 96 valence electrons. The summed E-state index contributed by atoms with van der Waals surface area (Å²) in [6, 6.07) is 9.61. The van der Waals surface area contributed by atoms with Crippen LogP contribution in [0.25, 0.3) is 0 Å². The van der Waals surface area contributed by atoms with Gasteiger partial charge in [-0.3, -0.25) is 4.79 Å². The number of benzene rings is 1. The highest BCUT2D eigenvalue weighted by molar-refractivity contribution is 7.94. The third kappa shape index (κ3) is 3.70. The van der Waals surface area contributed by atoms with Crippen LogP contribution in [0.4, 0.5) is 0 Å². The Kier molecular flexibility index (Phi) is 3.81. The first-order chi connectivity index (χ1) is 8.55. The number of rotatable bonds is 4. The average molecular weight is 266 g/mol. The molecule has 1 aromatic carbocycles. The fourth-order valence-corrected chi connectivity index (χ4v) is 2.90. The topological polar surface area (TPSA) is 60.4 Å². The first kappa shape index (κ1) is 12.8. The SMILES string of the molecule is O=C(CCc1ccccc1)O[C@@H]1C=CS(=O)(=O)C1. The molecule has 0 unspecified atom stereocenters. The van der Waals surface area contributed by atoms with Crippen LogP contribution in [0.2, 0.25) is 0 Å². The Hall–Kier alpha value is -1.62. The van der Waals surface area contributed by atoms with Crippen molar-refractivity contribution in [2.75, 3.05) is 5.75 Å². The molecule has 0 amide bonds. The molecule has 0 saturated heterocycles. The minimum absolute atomic E-state index is 0.135. The molecular formula is C13H14O4S. The molecule has 0 fully saturated rings. The Morgan fingerprint density at radius 1 is 1.28 bits per heavy atom. The maximum absolute atomic E-state index is 11.5. The summed E-state index contributed by atoms with van der Waals surface area (Å²) in [6.07, 6.45) is 1.64. The van der Waals surface area contributed by atoms with Crippen molar-refractivity contribution in [2.45, 2.75) is 18.9 Å². The van der Waals surface area contributed by atoms with E-state index in [2.05, 4.69) is 0 Å². The molecule has 1 aliphatic heterocycles. The van der Waals surface area contributed by atoms with Crippen LogP contribution in [0, 0.1) is 0 Å². The second-order valence-corrected chi connectivity index (χ2v) is 6.10. The van der Waals surface area contributed by atoms with E-state index in [9.17, 15) is 13.2 Å². The van der Waals surface area contributed by atoms with Gasteiger partial charge >= 0.3 is 5.97 Å². The van der Waals surface area contributed by atoms with Gasteiger partial charge in [0.1, 0.15) is 6.10 Å². The van der Waals surface area contributed by atoms with Crippen LogP contribution in [-0.4, -0.2) is 26.2 Å². The number of ether oxygens (including phenoxy) is 1. The van der Waals surface area contributed by atoms with Crippen LogP contribution in [0.5, 0.6) is 0 Å². The van der Waals surface area contributed by atoms with E-state index in [1.165, 1.54) is 6.08 Å². The lowest BCUT2D eigenvalue weighted by atomic mass is 10.1. The van der Waals surface area contributed by atoms with Gasteiger partial charge in [0.2, 0.25) is 0 Å². The van der Waals surface area contributed by atoms with Crippen LogP contribution in [-0.2, 0) is 25.8 Å². The maximum Gasteiger partial charge on any atom is 0.306 e. The van der Waals surface area contributed by atoms with Crippen molar-refractivity contribution in [3.8, 4) is 0 Å². The number of aryl methyl sites for hydroxylation is 1. The molecule has 5 heteroatoms. The summed E-state index contributed by atoms with van der Waals surface area (Å²) in [4.78, 5) is 11.5. The van der Waals surface area contributed by atoms with Crippen molar-refractivity contribution in [1.82, 2.24) is 0 Å². The molecule has 0 spiro atoms. The zero-order chi connectivity index (χ0) is 13.0. The van der Waals surface area contributed by atoms with Crippen LogP contribution >= 0.6 is 0 Å². The highest BCUT2D eigenvalue weighted by atomic mass is 32.2. The fraction of sp³-hybridized carbons (Fsp3) is 0.308. The fourth-order valence-electron chi connectivity index (χ4n) is 1.74. The summed E-state index contributed by atoms with van der Waals surface area (Å²) >= 11 is 0. The van der Waals surface area contributed by atoms with Gasteiger partial charge in [0, 0.05) is 11.8 Å². The van der Waals surface area contributed by atoms with Crippen LogP contribution < -0.4 is 0 Å². The minimum Gasteiger partial charge on any atom is -0.457 e. The van der Waals surface area contributed by atoms with E-state index in [1.54, 1.807) is 0 Å². The van der Waals surface area contributed by atoms with Crippen molar-refractivity contribution in [3.63, 3.8) is 0 Å². The molecule has 1 aromatic rings. The van der Waals surface area contributed by atoms with Crippen LogP contribution in [0.1, 0.15) is 12.0 Å². The minimum atomic E-state index is -3.17.